The number of rotatable bonds is 3. The molecule has 2 fully saturated rings. The van der Waals surface area contributed by atoms with Crippen molar-refractivity contribution in [3.8, 4) is 0 Å². The van der Waals surface area contributed by atoms with E-state index < -0.39 is 0 Å². The molecule has 2 aromatic heterocycles. The second-order valence-electron chi connectivity index (χ2n) is 6.99. The molecule has 0 radical (unpaired) electrons. The summed E-state index contributed by atoms with van der Waals surface area (Å²) in [6.45, 7) is 6.27. The molecule has 2 aliphatic rings. The first kappa shape index (κ1) is 15.3. The summed E-state index contributed by atoms with van der Waals surface area (Å²) in [6.07, 6.45) is 12.2. The molecule has 2 saturated heterocycles. The molecule has 0 amide bonds. The third-order valence-corrected chi connectivity index (χ3v) is 5.32. The minimum Gasteiger partial charge on any atom is -0.340 e. The molecule has 0 saturated carbocycles. The van der Waals surface area contributed by atoms with Gasteiger partial charge < -0.3 is 9.80 Å². The van der Waals surface area contributed by atoms with E-state index in [0.717, 1.165) is 44.5 Å². The Kier molecular flexibility index (Phi) is 4.04. The highest BCUT2D eigenvalue weighted by Crippen LogP contribution is 2.40. The number of anilines is 2. The van der Waals surface area contributed by atoms with Gasteiger partial charge in [0.05, 0.1) is 0 Å². The fourth-order valence-electron chi connectivity index (χ4n) is 3.97. The Bertz CT molecular complexity index is 674. The van der Waals surface area contributed by atoms with Gasteiger partial charge in [0.25, 0.3) is 0 Å². The van der Waals surface area contributed by atoms with E-state index in [0.29, 0.717) is 5.41 Å². The van der Waals surface area contributed by atoms with Crippen molar-refractivity contribution in [3.63, 3.8) is 0 Å². The molecule has 1 spiro atoms. The van der Waals surface area contributed by atoms with Gasteiger partial charge in [-0.05, 0) is 37.3 Å². The molecule has 6 nitrogen and oxygen atoms in total. The molecule has 0 aromatic carbocycles. The van der Waals surface area contributed by atoms with E-state index in [9.17, 15) is 0 Å². The van der Waals surface area contributed by atoms with Gasteiger partial charge in [0, 0.05) is 56.4 Å². The van der Waals surface area contributed by atoms with E-state index in [4.69, 9.17) is 0 Å². The Labute approximate surface area is 143 Å². The number of aromatic nitrogens is 4. The number of aryl methyl sites for hydroxylation is 1. The van der Waals surface area contributed by atoms with Crippen LogP contribution in [0.3, 0.4) is 0 Å². The monoisotopic (exact) mass is 324 g/mol. The molecule has 6 heteroatoms. The Morgan fingerprint density at radius 1 is 0.917 bits per heavy atom. The Hall–Kier alpha value is -2.24. The second kappa shape index (κ2) is 6.34. The van der Waals surface area contributed by atoms with Gasteiger partial charge in [0.15, 0.2) is 0 Å². The highest BCUT2D eigenvalue weighted by Gasteiger charge is 2.42. The zero-order valence-electron chi connectivity index (χ0n) is 14.2. The van der Waals surface area contributed by atoms with Crippen molar-refractivity contribution in [2.75, 3.05) is 36.0 Å². The lowest BCUT2D eigenvalue weighted by Gasteiger charge is -2.40. The summed E-state index contributed by atoms with van der Waals surface area (Å²) in [7, 11) is 0. The molecule has 0 bridgehead atoms. The van der Waals surface area contributed by atoms with Crippen molar-refractivity contribution in [2.24, 2.45) is 5.41 Å². The van der Waals surface area contributed by atoms with E-state index in [-0.39, 0.29) is 0 Å². The molecule has 4 heterocycles. The summed E-state index contributed by atoms with van der Waals surface area (Å²) in [6, 6.07) is 1.87. The minimum atomic E-state index is 0.310. The maximum atomic E-state index is 4.56. The Morgan fingerprint density at radius 2 is 1.58 bits per heavy atom. The summed E-state index contributed by atoms with van der Waals surface area (Å²) in [5.74, 6) is 1.73. The van der Waals surface area contributed by atoms with E-state index in [1.165, 1.54) is 24.8 Å². The van der Waals surface area contributed by atoms with Gasteiger partial charge in [-0.15, -0.1) is 0 Å². The lowest BCUT2D eigenvalue weighted by atomic mass is 9.79. The molecule has 2 aromatic rings. The normalized spacial score (nSPS) is 23.9. The topological polar surface area (TPSA) is 58.0 Å². The van der Waals surface area contributed by atoms with Crippen LogP contribution in [0.25, 0.3) is 0 Å². The first-order valence-corrected chi connectivity index (χ1v) is 8.86. The molecule has 4 rings (SSSR count). The van der Waals surface area contributed by atoms with Crippen molar-refractivity contribution >= 4 is 11.9 Å². The van der Waals surface area contributed by atoms with Crippen molar-refractivity contribution < 1.29 is 0 Å². The van der Waals surface area contributed by atoms with Crippen LogP contribution in [0.15, 0.2) is 30.9 Å². The van der Waals surface area contributed by atoms with Crippen LogP contribution >= 0.6 is 0 Å². The number of hydrogen-bond acceptors (Lipinski definition) is 6. The number of hydrogen-bond donors (Lipinski definition) is 0. The van der Waals surface area contributed by atoms with E-state index in [1.54, 1.807) is 0 Å². The largest absolute Gasteiger partial charge is 0.340 e. The van der Waals surface area contributed by atoms with Crippen LogP contribution in [0.2, 0.25) is 0 Å². The smallest absolute Gasteiger partial charge is 0.225 e. The van der Waals surface area contributed by atoms with Gasteiger partial charge in [-0.1, -0.05) is 6.92 Å². The van der Waals surface area contributed by atoms with E-state index in [1.807, 2.05) is 30.9 Å². The molecule has 1 atom stereocenters. The SMILES string of the molecule is CCc1cnc(N2CC[C@]3(CCCN(c4ncccn4)C3)C2)nc1. The summed E-state index contributed by atoms with van der Waals surface area (Å²) < 4.78 is 0. The molecule has 0 unspecified atom stereocenters. The summed E-state index contributed by atoms with van der Waals surface area (Å²) in [5, 5.41) is 0. The first-order chi connectivity index (χ1) is 11.8. The van der Waals surface area contributed by atoms with Gasteiger partial charge in [-0.2, -0.15) is 0 Å². The third kappa shape index (κ3) is 2.92. The van der Waals surface area contributed by atoms with Gasteiger partial charge in [-0.25, -0.2) is 19.9 Å². The van der Waals surface area contributed by atoms with Crippen LogP contribution < -0.4 is 9.80 Å². The zero-order valence-corrected chi connectivity index (χ0v) is 14.2. The Morgan fingerprint density at radius 3 is 2.29 bits per heavy atom. The third-order valence-electron chi connectivity index (χ3n) is 5.32. The van der Waals surface area contributed by atoms with Crippen LogP contribution in [0, 0.1) is 5.41 Å². The summed E-state index contributed by atoms with van der Waals surface area (Å²) in [5.41, 5.74) is 1.50. The van der Waals surface area contributed by atoms with Crippen LogP contribution in [-0.2, 0) is 6.42 Å². The fourth-order valence-corrected chi connectivity index (χ4v) is 3.97. The van der Waals surface area contributed by atoms with Crippen molar-refractivity contribution in [1.82, 2.24) is 19.9 Å². The summed E-state index contributed by atoms with van der Waals surface area (Å²) in [4.78, 5) is 22.7. The highest BCUT2D eigenvalue weighted by atomic mass is 15.3. The fraction of sp³-hybridized carbons (Fsp3) is 0.556. The summed E-state index contributed by atoms with van der Waals surface area (Å²) >= 11 is 0. The van der Waals surface area contributed by atoms with Crippen LogP contribution in [0.4, 0.5) is 11.9 Å². The van der Waals surface area contributed by atoms with Crippen molar-refractivity contribution in [2.45, 2.75) is 32.6 Å². The maximum Gasteiger partial charge on any atom is 0.225 e. The molecular weight excluding hydrogens is 300 g/mol. The molecular formula is C18H24N6. The number of piperidine rings is 1. The maximum absolute atomic E-state index is 4.56. The molecule has 126 valence electrons. The predicted molar refractivity (Wildman–Crippen MR) is 94.2 cm³/mol. The van der Waals surface area contributed by atoms with E-state index in [2.05, 4.69) is 36.7 Å². The average Bonchev–Trinajstić information content (AvgIpc) is 3.06. The highest BCUT2D eigenvalue weighted by molar-refractivity contribution is 5.36. The van der Waals surface area contributed by atoms with Gasteiger partial charge >= 0.3 is 0 Å². The van der Waals surface area contributed by atoms with Gasteiger partial charge in [0.1, 0.15) is 0 Å². The zero-order chi connectivity index (χ0) is 16.4. The van der Waals surface area contributed by atoms with Crippen molar-refractivity contribution in [3.05, 3.63) is 36.4 Å². The van der Waals surface area contributed by atoms with Crippen LogP contribution in [0.1, 0.15) is 31.7 Å². The van der Waals surface area contributed by atoms with Gasteiger partial charge in [0.2, 0.25) is 11.9 Å². The molecule has 2 aliphatic heterocycles. The lowest BCUT2D eigenvalue weighted by molar-refractivity contribution is 0.262. The minimum absolute atomic E-state index is 0.310. The number of nitrogens with zero attached hydrogens (tertiary/aromatic N) is 6. The molecule has 0 N–H and O–H groups in total. The van der Waals surface area contributed by atoms with E-state index >= 15 is 0 Å². The van der Waals surface area contributed by atoms with Crippen LogP contribution in [0.5, 0.6) is 0 Å². The Balaban J connectivity index is 1.48. The lowest BCUT2D eigenvalue weighted by Crippen LogP contribution is -2.45. The van der Waals surface area contributed by atoms with Crippen molar-refractivity contribution in [1.29, 1.82) is 0 Å². The predicted octanol–water partition coefficient (Wildman–Crippen LogP) is 2.33. The van der Waals surface area contributed by atoms with Crippen LogP contribution in [-0.4, -0.2) is 46.1 Å². The second-order valence-corrected chi connectivity index (χ2v) is 6.99. The standard InChI is InChI=1S/C18H24N6/c1-2-15-11-21-17(22-12-15)24-10-6-18(14-24)5-3-9-23(13-18)16-19-7-4-8-20-16/h4,7-8,11-12H,2-3,5-6,9-10,13-14H2,1H3/t18-/m0/s1. The molecule has 24 heavy (non-hydrogen) atoms. The molecule has 0 aliphatic carbocycles. The average molecular weight is 324 g/mol. The first-order valence-electron chi connectivity index (χ1n) is 8.86. The van der Waals surface area contributed by atoms with Gasteiger partial charge in [-0.3, -0.25) is 0 Å². The quantitative estimate of drug-likeness (QED) is 0.864.